The molecule has 4 rings (SSSR count). The van der Waals surface area contributed by atoms with Crippen LogP contribution in [0.5, 0.6) is 0 Å². The van der Waals surface area contributed by atoms with Gasteiger partial charge in [-0.25, -0.2) is 9.97 Å². The molecular formula is C23H31N5O. The number of aromatic nitrogens is 2. The van der Waals surface area contributed by atoms with Gasteiger partial charge in [0.1, 0.15) is 0 Å². The van der Waals surface area contributed by atoms with E-state index >= 15 is 0 Å². The predicted octanol–water partition coefficient (Wildman–Crippen LogP) is 2.74. The van der Waals surface area contributed by atoms with E-state index in [0.29, 0.717) is 18.4 Å². The molecule has 6 nitrogen and oxygen atoms in total. The van der Waals surface area contributed by atoms with E-state index in [1.165, 1.54) is 5.56 Å². The molecule has 2 aliphatic heterocycles. The van der Waals surface area contributed by atoms with Gasteiger partial charge >= 0.3 is 0 Å². The number of amides is 1. The van der Waals surface area contributed by atoms with Crippen LogP contribution in [-0.2, 0) is 24.3 Å². The maximum atomic E-state index is 13.5. The van der Waals surface area contributed by atoms with Crippen LogP contribution < -0.4 is 5.73 Å². The van der Waals surface area contributed by atoms with Crippen LogP contribution in [0, 0.1) is 17.8 Å². The van der Waals surface area contributed by atoms with Crippen molar-refractivity contribution >= 4 is 11.9 Å². The molecule has 3 heterocycles. The Morgan fingerprint density at radius 3 is 2.79 bits per heavy atom. The zero-order chi connectivity index (χ0) is 20.4. The lowest BCUT2D eigenvalue weighted by atomic mass is 9.87. The van der Waals surface area contributed by atoms with Crippen molar-refractivity contribution < 1.29 is 4.79 Å². The molecule has 1 saturated heterocycles. The van der Waals surface area contributed by atoms with Crippen LogP contribution in [0.15, 0.2) is 36.5 Å². The second-order valence-corrected chi connectivity index (χ2v) is 8.89. The van der Waals surface area contributed by atoms with Gasteiger partial charge in [0.05, 0.1) is 18.2 Å². The van der Waals surface area contributed by atoms with Gasteiger partial charge in [0, 0.05) is 32.4 Å². The summed E-state index contributed by atoms with van der Waals surface area (Å²) in [5, 5.41) is 0. The van der Waals surface area contributed by atoms with Gasteiger partial charge in [0.25, 0.3) is 0 Å². The number of benzene rings is 1. The van der Waals surface area contributed by atoms with Crippen LogP contribution in [0.25, 0.3) is 0 Å². The van der Waals surface area contributed by atoms with Gasteiger partial charge in [-0.3, -0.25) is 9.69 Å². The van der Waals surface area contributed by atoms with Crippen molar-refractivity contribution in [2.45, 2.75) is 39.8 Å². The van der Waals surface area contributed by atoms with Crippen LogP contribution in [-0.4, -0.2) is 45.3 Å². The molecule has 6 heteroatoms. The van der Waals surface area contributed by atoms with Crippen molar-refractivity contribution in [3.63, 3.8) is 0 Å². The van der Waals surface area contributed by atoms with E-state index in [4.69, 9.17) is 5.73 Å². The molecule has 0 radical (unpaired) electrons. The molecule has 29 heavy (non-hydrogen) atoms. The van der Waals surface area contributed by atoms with Crippen molar-refractivity contribution in [1.29, 1.82) is 0 Å². The number of likely N-dealkylation sites (tertiary alicyclic amines) is 1. The Hall–Kier alpha value is -2.47. The average molecular weight is 394 g/mol. The van der Waals surface area contributed by atoms with Crippen LogP contribution in [0.4, 0.5) is 5.95 Å². The molecule has 2 atom stereocenters. The normalized spacial score (nSPS) is 22.1. The van der Waals surface area contributed by atoms with Gasteiger partial charge in [0.2, 0.25) is 11.9 Å². The lowest BCUT2D eigenvalue weighted by Crippen LogP contribution is -2.42. The molecule has 1 aromatic heterocycles. The summed E-state index contributed by atoms with van der Waals surface area (Å²) < 4.78 is 0. The highest BCUT2D eigenvalue weighted by Gasteiger charge is 2.40. The standard InChI is InChI=1S/C23H31N5O/c1-16(2)10-19-13-27(12-17-6-4-3-5-7-17)14-20(19)22(29)28-9-8-18-11-25-23(24)26-21(18)15-28/h3-7,11,16,19-20H,8-10,12-15H2,1-2H3,(H2,24,25,26)/t19-,20-/m1/s1. The molecule has 0 spiro atoms. The number of hydrogen-bond donors (Lipinski definition) is 1. The fraction of sp³-hybridized carbons (Fsp3) is 0.522. The van der Waals surface area contributed by atoms with Crippen molar-refractivity contribution in [2.24, 2.45) is 17.8 Å². The Labute approximate surface area is 173 Å². The minimum absolute atomic E-state index is 0.0573. The summed E-state index contributed by atoms with van der Waals surface area (Å²) in [6.07, 6.45) is 3.69. The second-order valence-electron chi connectivity index (χ2n) is 8.89. The molecule has 0 bridgehead atoms. The summed E-state index contributed by atoms with van der Waals surface area (Å²) in [6, 6.07) is 10.5. The molecular weight excluding hydrogens is 362 g/mol. The number of hydrogen-bond acceptors (Lipinski definition) is 5. The van der Waals surface area contributed by atoms with E-state index in [1.54, 1.807) is 6.20 Å². The molecule has 1 fully saturated rings. The number of nitrogens with two attached hydrogens (primary N) is 1. The maximum absolute atomic E-state index is 13.5. The van der Waals surface area contributed by atoms with Gasteiger partial charge in [-0.1, -0.05) is 44.2 Å². The largest absolute Gasteiger partial charge is 0.368 e. The van der Waals surface area contributed by atoms with Crippen molar-refractivity contribution in [3.05, 3.63) is 53.3 Å². The third-order valence-electron chi connectivity index (χ3n) is 6.13. The van der Waals surface area contributed by atoms with Gasteiger partial charge in [-0.15, -0.1) is 0 Å². The molecule has 0 saturated carbocycles. The first-order valence-corrected chi connectivity index (χ1v) is 10.6. The highest BCUT2D eigenvalue weighted by molar-refractivity contribution is 5.80. The van der Waals surface area contributed by atoms with E-state index < -0.39 is 0 Å². The summed E-state index contributed by atoms with van der Waals surface area (Å²) in [5.74, 6) is 1.60. The summed E-state index contributed by atoms with van der Waals surface area (Å²) in [5.41, 5.74) is 9.08. The third-order valence-corrected chi connectivity index (χ3v) is 6.13. The Morgan fingerprint density at radius 2 is 2.03 bits per heavy atom. The molecule has 2 aliphatic rings. The molecule has 1 aromatic carbocycles. The van der Waals surface area contributed by atoms with Gasteiger partial charge < -0.3 is 10.6 Å². The second kappa shape index (κ2) is 8.49. The number of nitrogens with zero attached hydrogens (tertiary/aromatic N) is 4. The number of carbonyl (C=O) groups is 1. The first-order valence-electron chi connectivity index (χ1n) is 10.6. The Bertz CT molecular complexity index is 854. The topological polar surface area (TPSA) is 75.4 Å². The van der Waals surface area contributed by atoms with Crippen molar-refractivity contribution in [2.75, 3.05) is 25.4 Å². The monoisotopic (exact) mass is 393 g/mol. The lowest BCUT2D eigenvalue weighted by molar-refractivity contribution is -0.137. The Balaban J connectivity index is 1.47. The van der Waals surface area contributed by atoms with Crippen LogP contribution >= 0.6 is 0 Å². The number of carbonyl (C=O) groups excluding carboxylic acids is 1. The summed E-state index contributed by atoms with van der Waals surface area (Å²) in [6.45, 7) is 8.51. The van der Waals surface area contributed by atoms with Gasteiger partial charge in [-0.2, -0.15) is 0 Å². The highest BCUT2D eigenvalue weighted by atomic mass is 16.2. The van der Waals surface area contributed by atoms with Crippen molar-refractivity contribution in [1.82, 2.24) is 19.8 Å². The fourth-order valence-electron chi connectivity index (χ4n) is 4.80. The molecule has 154 valence electrons. The average Bonchev–Trinajstić information content (AvgIpc) is 3.08. The Morgan fingerprint density at radius 1 is 1.24 bits per heavy atom. The summed E-state index contributed by atoms with van der Waals surface area (Å²) in [4.78, 5) is 26.4. The number of fused-ring (bicyclic) bond motifs is 1. The van der Waals surface area contributed by atoms with E-state index in [0.717, 1.165) is 50.3 Å². The summed E-state index contributed by atoms with van der Waals surface area (Å²) >= 11 is 0. The molecule has 0 aliphatic carbocycles. The SMILES string of the molecule is CC(C)C[C@@H]1CN(Cc2ccccc2)C[C@H]1C(=O)N1CCc2cnc(N)nc2C1. The first-order chi connectivity index (χ1) is 14.0. The predicted molar refractivity (Wildman–Crippen MR) is 114 cm³/mol. The minimum atomic E-state index is 0.0573. The zero-order valence-corrected chi connectivity index (χ0v) is 17.4. The minimum Gasteiger partial charge on any atom is -0.368 e. The maximum Gasteiger partial charge on any atom is 0.227 e. The van der Waals surface area contributed by atoms with E-state index in [2.05, 4.69) is 53.0 Å². The summed E-state index contributed by atoms with van der Waals surface area (Å²) in [7, 11) is 0. The molecule has 0 unspecified atom stereocenters. The quantitative estimate of drug-likeness (QED) is 0.845. The number of rotatable bonds is 5. The van der Waals surface area contributed by atoms with Crippen LogP contribution in [0.1, 0.15) is 37.1 Å². The van der Waals surface area contributed by atoms with Gasteiger partial charge in [-0.05, 0) is 35.8 Å². The van der Waals surface area contributed by atoms with Gasteiger partial charge in [0.15, 0.2) is 0 Å². The van der Waals surface area contributed by atoms with E-state index in [1.807, 2.05) is 11.0 Å². The third kappa shape index (κ3) is 4.58. The fourth-order valence-corrected chi connectivity index (χ4v) is 4.80. The van der Waals surface area contributed by atoms with Crippen molar-refractivity contribution in [3.8, 4) is 0 Å². The smallest absolute Gasteiger partial charge is 0.227 e. The van der Waals surface area contributed by atoms with E-state index in [9.17, 15) is 4.79 Å². The highest BCUT2D eigenvalue weighted by Crippen LogP contribution is 2.32. The van der Waals surface area contributed by atoms with Crippen LogP contribution in [0.2, 0.25) is 0 Å². The molecule has 1 amide bonds. The Kier molecular flexibility index (Phi) is 5.81. The zero-order valence-electron chi connectivity index (χ0n) is 17.4. The lowest BCUT2D eigenvalue weighted by Gasteiger charge is -2.32. The van der Waals surface area contributed by atoms with Crippen LogP contribution in [0.3, 0.4) is 0 Å². The number of anilines is 1. The molecule has 2 N–H and O–H groups in total. The van der Waals surface area contributed by atoms with E-state index in [-0.39, 0.29) is 17.8 Å². The number of nitrogen functional groups attached to an aromatic ring is 1. The first kappa shape index (κ1) is 19.8. The molecule has 2 aromatic rings.